The largest absolute Gasteiger partial charge is 0.444 e. The van der Waals surface area contributed by atoms with Gasteiger partial charge in [0.05, 0.1) is 6.42 Å². The lowest BCUT2D eigenvalue weighted by Gasteiger charge is -2.48. The molecular weight excluding hydrogens is 428 g/mol. The van der Waals surface area contributed by atoms with Gasteiger partial charge in [0.15, 0.2) is 0 Å². The van der Waals surface area contributed by atoms with E-state index in [4.69, 9.17) is 4.74 Å². The van der Waals surface area contributed by atoms with E-state index in [1.807, 2.05) is 49.9 Å². The van der Waals surface area contributed by atoms with Crippen LogP contribution in [0.2, 0.25) is 0 Å². The standard InChI is InChI=1S/C28H38N2O4/c1-27(2,3)34-26(32)30(28(33)16-7-4-8-17-28)23-14-18-29(19-15-23)25(31)20-22-12-9-11-21-10-5-6-13-24(21)22/h5-6,9-13,23,33H,4,7-8,14-20H2,1-3H3. The van der Waals surface area contributed by atoms with Gasteiger partial charge in [0, 0.05) is 19.1 Å². The Hall–Kier alpha value is -2.60. The third-order valence-corrected chi connectivity index (χ3v) is 7.10. The van der Waals surface area contributed by atoms with Crippen molar-refractivity contribution in [3.05, 3.63) is 48.0 Å². The van der Waals surface area contributed by atoms with Crippen LogP contribution in [0.15, 0.2) is 42.5 Å². The molecule has 1 aliphatic carbocycles. The third kappa shape index (κ3) is 5.54. The quantitative estimate of drug-likeness (QED) is 0.624. The summed E-state index contributed by atoms with van der Waals surface area (Å²) in [6.45, 7) is 6.70. The van der Waals surface area contributed by atoms with Crippen LogP contribution < -0.4 is 0 Å². The Kier molecular flexibility index (Phi) is 7.17. The van der Waals surface area contributed by atoms with Gasteiger partial charge in [-0.2, -0.15) is 0 Å². The number of nitrogens with zero attached hydrogens (tertiary/aromatic N) is 2. The molecule has 0 spiro atoms. The van der Waals surface area contributed by atoms with Gasteiger partial charge in [-0.05, 0) is 75.6 Å². The molecule has 2 aromatic rings. The second-order valence-electron chi connectivity index (χ2n) is 10.8. The van der Waals surface area contributed by atoms with Crippen molar-refractivity contribution in [3.8, 4) is 0 Å². The van der Waals surface area contributed by atoms with Gasteiger partial charge in [-0.3, -0.25) is 9.69 Å². The highest BCUT2D eigenvalue weighted by molar-refractivity contribution is 5.90. The summed E-state index contributed by atoms with van der Waals surface area (Å²) in [5.41, 5.74) is -0.757. The van der Waals surface area contributed by atoms with Gasteiger partial charge < -0.3 is 14.7 Å². The molecule has 0 unspecified atom stereocenters. The Labute approximate surface area is 202 Å². The number of hydrogen-bond donors (Lipinski definition) is 1. The van der Waals surface area contributed by atoms with Gasteiger partial charge >= 0.3 is 6.09 Å². The van der Waals surface area contributed by atoms with E-state index in [1.54, 1.807) is 4.90 Å². The van der Waals surface area contributed by atoms with E-state index in [-0.39, 0.29) is 11.9 Å². The molecule has 0 bridgehead atoms. The molecule has 1 N–H and O–H groups in total. The Morgan fingerprint density at radius 2 is 1.68 bits per heavy atom. The number of ether oxygens (including phenoxy) is 1. The summed E-state index contributed by atoms with van der Waals surface area (Å²) in [5.74, 6) is 0.106. The normalized spacial score (nSPS) is 19.1. The van der Waals surface area contributed by atoms with E-state index in [2.05, 4.69) is 18.2 Å². The van der Waals surface area contributed by atoms with E-state index < -0.39 is 17.4 Å². The van der Waals surface area contributed by atoms with E-state index in [9.17, 15) is 14.7 Å². The van der Waals surface area contributed by atoms with Crippen LogP contribution in [-0.4, -0.2) is 57.4 Å². The predicted molar refractivity (Wildman–Crippen MR) is 133 cm³/mol. The number of aliphatic hydroxyl groups is 1. The second-order valence-corrected chi connectivity index (χ2v) is 10.8. The van der Waals surface area contributed by atoms with E-state index in [0.717, 1.165) is 35.6 Å². The van der Waals surface area contributed by atoms with Crippen molar-refractivity contribution in [1.29, 1.82) is 0 Å². The Morgan fingerprint density at radius 3 is 2.35 bits per heavy atom. The second kappa shape index (κ2) is 9.95. The number of benzene rings is 2. The highest BCUT2D eigenvalue weighted by Gasteiger charge is 2.45. The molecule has 184 valence electrons. The summed E-state index contributed by atoms with van der Waals surface area (Å²) in [4.78, 5) is 29.9. The number of carbonyl (C=O) groups is 2. The van der Waals surface area contributed by atoms with Crippen LogP contribution in [0.25, 0.3) is 10.8 Å². The maximum absolute atomic E-state index is 13.2. The molecule has 1 saturated carbocycles. The van der Waals surface area contributed by atoms with Crippen LogP contribution >= 0.6 is 0 Å². The van der Waals surface area contributed by atoms with Crippen molar-refractivity contribution in [3.63, 3.8) is 0 Å². The molecule has 2 amide bonds. The van der Waals surface area contributed by atoms with Crippen molar-refractivity contribution >= 4 is 22.8 Å². The number of piperidine rings is 1. The number of likely N-dealkylation sites (tertiary alicyclic amines) is 1. The van der Waals surface area contributed by atoms with Gasteiger partial charge in [-0.1, -0.05) is 48.9 Å². The summed E-state index contributed by atoms with van der Waals surface area (Å²) in [7, 11) is 0. The monoisotopic (exact) mass is 466 g/mol. The van der Waals surface area contributed by atoms with Crippen molar-refractivity contribution in [1.82, 2.24) is 9.80 Å². The van der Waals surface area contributed by atoms with Gasteiger partial charge in [0.25, 0.3) is 0 Å². The van der Waals surface area contributed by atoms with Crippen LogP contribution in [-0.2, 0) is 16.0 Å². The smallest absolute Gasteiger partial charge is 0.412 e. The van der Waals surface area contributed by atoms with E-state index in [0.29, 0.717) is 45.2 Å². The van der Waals surface area contributed by atoms with Crippen LogP contribution in [0.4, 0.5) is 4.79 Å². The summed E-state index contributed by atoms with van der Waals surface area (Å²) < 4.78 is 5.71. The Balaban J connectivity index is 1.44. The molecule has 2 aliphatic rings. The summed E-state index contributed by atoms with van der Waals surface area (Å²) in [6.07, 6.45) is 5.23. The van der Waals surface area contributed by atoms with Crippen LogP contribution in [0.1, 0.15) is 71.3 Å². The number of carbonyl (C=O) groups excluding carboxylic acids is 2. The lowest BCUT2D eigenvalue weighted by molar-refractivity contribution is -0.150. The lowest BCUT2D eigenvalue weighted by atomic mass is 9.88. The minimum absolute atomic E-state index is 0.106. The Bertz CT molecular complexity index is 1010. The molecule has 0 atom stereocenters. The highest BCUT2D eigenvalue weighted by atomic mass is 16.6. The predicted octanol–water partition coefficient (Wildman–Crippen LogP) is 5.26. The molecule has 1 heterocycles. The summed E-state index contributed by atoms with van der Waals surface area (Å²) in [5, 5.41) is 13.7. The molecule has 1 aliphatic heterocycles. The number of hydrogen-bond acceptors (Lipinski definition) is 4. The fourth-order valence-electron chi connectivity index (χ4n) is 5.42. The minimum atomic E-state index is -1.17. The third-order valence-electron chi connectivity index (χ3n) is 7.10. The maximum Gasteiger partial charge on any atom is 0.412 e. The van der Waals surface area contributed by atoms with Crippen molar-refractivity contribution < 1.29 is 19.4 Å². The zero-order chi connectivity index (χ0) is 24.3. The molecule has 2 aromatic carbocycles. The number of rotatable bonds is 4. The SMILES string of the molecule is CC(C)(C)OC(=O)N(C1CCN(C(=O)Cc2cccc3ccccc23)CC1)C1(O)CCCCC1. The number of amides is 2. The first kappa shape index (κ1) is 24.5. The van der Waals surface area contributed by atoms with Crippen LogP contribution in [0.5, 0.6) is 0 Å². The lowest BCUT2D eigenvalue weighted by Crippen LogP contribution is -2.60. The van der Waals surface area contributed by atoms with Crippen molar-refractivity contribution in [2.45, 2.75) is 89.5 Å². The molecular formula is C28H38N2O4. The maximum atomic E-state index is 13.2. The number of fused-ring (bicyclic) bond motifs is 1. The zero-order valence-electron chi connectivity index (χ0n) is 20.8. The molecule has 6 nitrogen and oxygen atoms in total. The first-order chi connectivity index (χ1) is 16.2. The summed E-state index contributed by atoms with van der Waals surface area (Å²) >= 11 is 0. The molecule has 2 fully saturated rings. The van der Waals surface area contributed by atoms with E-state index >= 15 is 0 Å². The fourth-order valence-corrected chi connectivity index (χ4v) is 5.42. The van der Waals surface area contributed by atoms with Gasteiger partial charge in [0.2, 0.25) is 5.91 Å². The molecule has 4 rings (SSSR count). The first-order valence-electron chi connectivity index (χ1n) is 12.7. The highest BCUT2D eigenvalue weighted by Crippen LogP contribution is 2.36. The van der Waals surface area contributed by atoms with Crippen molar-refractivity contribution in [2.75, 3.05) is 13.1 Å². The molecule has 0 radical (unpaired) electrons. The van der Waals surface area contributed by atoms with Gasteiger partial charge in [0.1, 0.15) is 11.3 Å². The minimum Gasteiger partial charge on any atom is -0.444 e. The summed E-state index contributed by atoms with van der Waals surface area (Å²) in [6, 6.07) is 14.1. The van der Waals surface area contributed by atoms with Gasteiger partial charge in [-0.25, -0.2) is 4.79 Å². The average molecular weight is 467 g/mol. The zero-order valence-corrected chi connectivity index (χ0v) is 20.8. The van der Waals surface area contributed by atoms with E-state index in [1.165, 1.54) is 0 Å². The van der Waals surface area contributed by atoms with Crippen molar-refractivity contribution in [2.24, 2.45) is 0 Å². The fraction of sp³-hybridized carbons (Fsp3) is 0.571. The molecule has 1 saturated heterocycles. The molecule has 0 aromatic heterocycles. The van der Waals surface area contributed by atoms with Crippen LogP contribution in [0.3, 0.4) is 0 Å². The Morgan fingerprint density at radius 1 is 1.03 bits per heavy atom. The van der Waals surface area contributed by atoms with Crippen LogP contribution in [0, 0.1) is 0 Å². The average Bonchev–Trinajstić information content (AvgIpc) is 2.79. The molecule has 6 heteroatoms. The first-order valence-corrected chi connectivity index (χ1v) is 12.7. The topological polar surface area (TPSA) is 70.1 Å². The van der Waals surface area contributed by atoms with Gasteiger partial charge in [-0.15, -0.1) is 0 Å². The molecule has 34 heavy (non-hydrogen) atoms.